The molecule has 3 rings (SSSR count). The van der Waals surface area contributed by atoms with Gasteiger partial charge in [0.05, 0.1) is 5.02 Å². The molecule has 20 heavy (non-hydrogen) atoms. The van der Waals surface area contributed by atoms with E-state index in [9.17, 15) is 5.11 Å². The van der Waals surface area contributed by atoms with Crippen LogP contribution in [0.25, 0.3) is 10.8 Å². The van der Waals surface area contributed by atoms with E-state index in [0.717, 1.165) is 16.5 Å². The Balaban J connectivity index is 2.15. The average Bonchev–Trinajstić information content (AvgIpc) is 2.43. The number of benzene rings is 2. The molecular weight excluding hydrogens is 274 g/mol. The number of aromatic hydroxyl groups is 1. The molecule has 0 radical (unpaired) electrons. The van der Waals surface area contributed by atoms with E-state index in [1.165, 1.54) is 0 Å². The zero-order chi connectivity index (χ0) is 14.1. The number of hydrogen-bond donors (Lipinski definition) is 3. The van der Waals surface area contributed by atoms with Gasteiger partial charge in [-0.15, -0.1) is 0 Å². The summed E-state index contributed by atoms with van der Waals surface area (Å²) in [6.45, 7) is 0. The first-order valence-corrected chi connectivity index (χ1v) is 6.42. The molecule has 0 spiro atoms. The third kappa shape index (κ3) is 2.21. The molecule has 0 amide bonds. The molecule has 0 unspecified atom stereocenters. The van der Waals surface area contributed by atoms with Crippen molar-refractivity contribution in [3.05, 3.63) is 53.7 Å². The van der Waals surface area contributed by atoms with Gasteiger partial charge < -0.3 is 16.2 Å². The van der Waals surface area contributed by atoms with Gasteiger partial charge in [0.1, 0.15) is 11.6 Å². The minimum Gasteiger partial charge on any atom is -0.508 e. The van der Waals surface area contributed by atoms with Crippen LogP contribution in [0, 0.1) is 0 Å². The Hall–Kier alpha value is -2.46. The number of rotatable bonds is 2. The van der Waals surface area contributed by atoms with Gasteiger partial charge in [0.15, 0.2) is 0 Å². The minimum atomic E-state index is 0.181. The number of nitrogens with two attached hydrogens (primary N) is 1. The standard InChI is InChI=1S/C15H12ClN3O/c16-12-4-5-13(17)11-6-7-18-15(14(11)12)19-9-2-1-3-10(20)8-9/h1-8,20H,17H2,(H,18,19). The van der Waals surface area contributed by atoms with E-state index in [0.29, 0.717) is 16.5 Å². The quantitative estimate of drug-likeness (QED) is 0.624. The number of anilines is 3. The van der Waals surface area contributed by atoms with Gasteiger partial charge in [0, 0.05) is 34.4 Å². The Morgan fingerprint density at radius 3 is 2.80 bits per heavy atom. The van der Waals surface area contributed by atoms with E-state index in [4.69, 9.17) is 17.3 Å². The van der Waals surface area contributed by atoms with Gasteiger partial charge in [0.2, 0.25) is 0 Å². The summed E-state index contributed by atoms with van der Waals surface area (Å²) in [5.41, 5.74) is 7.33. The van der Waals surface area contributed by atoms with Crippen LogP contribution in [-0.4, -0.2) is 10.1 Å². The maximum atomic E-state index is 9.50. The lowest BCUT2D eigenvalue weighted by Gasteiger charge is -2.11. The molecule has 0 aliphatic carbocycles. The topological polar surface area (TPSA) is 71.2 Å². The molecule has 3 aromatic rings. The highest BCUT2D eigenvalue weighted by atomic mass is 35.5. The molecule has 0 aliphatic rings. The monoisotopic (exact) mass is 285 g/mol. The number of fused-ring (bicyclic) bond motifs is 1. The predicted octanol–water partition coefficient (Wildman–Crippen LogP) is 3.92. The number of pyridine rings is 1. The van der Waals surface area contributed by atoms with E-state index < -0.39 is 0 Å². The molecule has 4 nitrogen and oxygen atoms in total. The Morgan fingerprint density at radius 1 is 1.15 bits per heavy atom. The van der Waals surface area contributed by atoms with Crippen LogP contribution in [0.3, 0.4) is 0 Å². The highest BCUT2D eigenvalue weighted by molar-refractivity contribution is 6.37. The third-order valence-electron chi connectivity index (χ3n) is 3.02. The van der Waals surface area contributed by atoms with Crippen molar-refractivity contribution in [1.82, 2.24) is 4.98 Å². The van der Waals surface area contributed by atoms with Crippen molar-refractivity contribution < 1.29 is 5.11 Å². The second kappa shape index (κ2) is 4.90. The van der Waals surface area contributed by atoms with Crippen LogP contribution in [0.2, 0.25) is 5.02 Å². The molecular formula is C15H12ClN3O. The fraction of sp³-hybridized carbons (Fsp3) is 0. The fourth-order valence-electron chi connectivity index (χ4n) is 2.10. The van der Waals surface area contributed by atoms with E-state index in [2.05, 4.69) is 10.3 Å². The number of phenols is 1. The second-order valence-corrected chi connectivity index (χ2v) is 4.80. The van der Waals surface area contributed by atoms with Crippen molar-refractivity contribution in [3.8, 4) is 5.75 Å². The summed E-state index contributed by atoms with van der Waals surface area (Å²) >= 11 is 6.25. The number of nitrogens with zero attached hydrogens (tertiary/aromatic N) is 1. The Morgan fingerprint density at radius 2 is 2.00 bits per heavy atom. The van der Waals surface area contributed by atoms with Crippen LogP contribution in [0.15, 0.2) is 48.7 Å². The van der Waals surface area contributed by atoms with Crippen molar-refractivity contribution in [2.45, 2.75) is 0 Å². The summed E-state index contributed by atoms with van der Waals surface area (Å²) < 4.78 is 0. The van der Waals surface area contributed by atoms with Gasteiger partial charge >= 0.3 is 0 Å². The average molecular weight is 286 g/mol. The lowest BCUT2D eigenvalue weighted by Crippen LogP contribution is -1.96. The van der Waals surface area contributed by atoms with Crippen LogP contribution in [-0.2, 0) is 0 Å². The van der Waals surface area contributed by atoms with E-state index >= 15 is 0 Å². The summed E-state index contributed by atoms with van der Waals surface area (Å²) in [5.74, 6) is 0.784. The zero-order valence-corrected chi connectivity index (χ0v) is 11.2. The van der Waals surface area contributed by atoms with Crippen molar-refractivity contribution in [2.24, 2.45) is 0 Å². The van der Waals surface area contributed by atoms with Gasteiger partial charge in [-0.2, -0.15) is 0 Å². The van der Waals surface area contributed by atoms with Crippen LogP contribution < -0.4 is 11.1 Å². The van der Waals surface area contributed by atoms with Crippen molar-refractivity contribution in [1.29, 1.82) is 0 Å². The largest absolute Gasteiger partial charge is 0.508 e. The normalized spacial score (nSPS) is 10.7. The molecule has 0 saturated carbocycles. The number of phenolic OH excluding ortho intramolecular Hbond substituents is 1. The maximum absolute atomic E-state index is 9.50. The first kappa shape index (κ1) is 12.6. The van der Waals surface area contributed by atoms with E-state index in [-0.39, 0.29) is 5.75 Å². The van der Waals surface area contributed by atoms with Crippen LogP contribution in [0.1, 0.15) is 0 Å². The summed E-state index contributed by atoms with van der Waals surface area (Å²) in [7, 11) is 0. The van der Waals surface area contributed by atoms with Crippen molar-refractivity contribution >= 4 is 39.6 Å². The fourth-order valence-corrected chi connectivity index (χ4v) is 2.35. The first-order chi connectivity index (χ1) is 9.65. The molecule has 1 heterocycles. The van der Waals surface area contributed by atoms with Crippen molar-refractivity contribution in [2.75, 3.05) is 11.1 Å². The second-order valence-electron chi connectivity index (χ2n) is 4.39. The highest BCUT2D eigenvalue weighted by Crippen LogP contribution is 2.34. The lowest BCUT2D eigenvalue weighted by atomic mass is 10.1. The Kier molecular flexibility index (Phi) is 3.08. The predicted molar refractivity (Wildman–Crippen MR) is 82.6 cm³/mol. The summed E-state index contributed by atoms with van der Waals surface area (Å²) in [5, 5.41) is 14.8. The molecule has 1 aromatic heterocycles. The van der Waals surface area contributed by atoms with Crippen LogP contribution in [0.5, 0.6) is 5.75 Å². The van der Waals surface area contributed by atoms with Gasteiger partial charge in [-0.25, -0.2) is 4.98 Å². The Labute approximate surface area is 120 Å². The first-order valence-electron chi connectivity index (χ1n) is 6.04. The van der Waals surface area contributed by atoms with Crippen LogP contribution in [0.4, 0.5) is 17.2 Å². The minimum absolute atomic E-state index is 0.181. The SMILES string of the molecule is Nc1ccc(Cl)c2c(Nc3cccc(O)c3)nccc12. The van der Waals surface area contributed by atoms with Gasteiger partial charge in [-0.05, 0) is 30.3 Å². The Bertz CT molecular complexity index is 789. The summed E-state index contributed by atoms with van der Waals surface area (Å²) in [6, 6.07) is 12.1. The van der Waals surface area contributed by atoms with Crippen LogP contribution >= 0.6 is 11.6 Å². The molecule has 100 valence electrons. The maximum Gasteiger partial charge on any atom is 0.139 e. The molecule has 5 heteroatoms. The number of nitrogens with one attached hydrogen (secondary N) is 1. The van der Waals surface area contributed by atoms with E-state index in [1.54, 1.807) is 36.5 Å². The molecule has 0 saturated heterocycles. The number of nitrogen functional groups attached to an aromatic ring is 1. The summed E-state index contributed by atoms with van der Waals surface area (Å²) in [6.07, 6.45) is 1.67. The third-order valence-corrected chi connectivity index (χ3v) is 3.33. The number of hydrogen-bond acceptors (Lipinski definition) is 4. The van der Waals surface area contributed by atoms with Gasteiger partial charge in [0.25, 0.3) is 0 Å². The smallest absolute Gasteiger partial charge is 0.139 e. The zero-order valence-electron chi connectivity index (χ0n) is 10.5. The highest BCUT2D eigenvalue weighted by Gasteiger charge is 2.09. The number of aromatic nitrogens is 1. The van der Waals surface area contributed by atoms with Gasteiger partial charge in [-0.3, -0.25) is 0 Å². The lowest BCUT2D eigenvalue weighted by molar-refractivity contribution is 0.475. The van der Waals surface area contributed by atoms with Crippen molar-refractivity contribution in [3.63, 3.8) is 0 Å². The van der Waals surface area contributed by atoms with Gasteiger partial charge in [-0.1, -0.05) is 17.7 Å². The summed E-state index contributed by atoms with van der Waals surface area (Å²) in [4.78, 5) is 4.30. The molecule has 2 aromatic carbocycles. The molecule has 0 fully saturated rings. The number of halogens is 1. The van der Waals surface area contributed by atoms with E-state index in [1.807, 2.05) is 12.1 Å². The molecule has 4 N–H and O–H groups in total. The molecule has 0 bridgehead atoms. The molecule has 0 aliphatic heterocycles. The molecule has 0 atom stereocenters.